The average Bonchev–Trinajstić information content (AvgIpc) is 2.45. The summed E-state index contributed by atoms with van der Waals surface area (Å²) >= 11 is 0. The van der Waals surface area contributed by atoms with Gasteiger partial charge in [-0.3, -0.25) is 0 Å². The van der Waals surface area contributed by atoms with E-state index in [0.717, 1.165) is 12.3 Å². The first-order chi connectivity index (χ1) is 9.24. The molecule has 1 aliphatic rings. The van der Waals surface area contributed by atoms with Gasteiger partial charge in [0.2, 0.25) is 0 Å². The number of hydrogen-bond acceptors (Lipinski definition) is 3. The van der Waals surface area contributed by atoms with E-state index in [0.29, 0.717) is 12.6 Å². The maximum Gasteiger partial charge on any atom is 0.119 e. The van der Waals surface area contributed by atoms with E-state index >= 15 is 0 Å². The predicted octanol–water partition coefficient (Wildman–Crippen LogP) is 3.09. The lowest BCUT2D eigenvalue weighted by Gasteiger charge is -2.26. The molecule has 1 aromatic carbocycles. The van der Waals surface area contributed by atoms with Crippen LogP contribution in [0.25, 0.3) is 0 Å². The van der Waals surface area contributed by atoms with Gasteiger partial charge in [-0.15, -0.1) is 0 Å². The van der Waals surface area contributed by atoms with Crippen LogP contribution in [0, 0.1) is 0 Å². The first-order valence-electron chi connectivity index (χ1n) is 7.26. The highest BCUT2D eigenvalue weighted by molar-refractivity contribution is 5.39. The number of hydrogen-bond donors (Lipinski definition) is 1. The van der Waals surface area contributed by atoms with Crippen molar-refractivity contribution >= 4 is 0 Å². The zero-order valence-electron chi connectivity index (χ0n) is 12.2. The second kappa shape index (κ2) is 6.92. The molecular formula is C16H25NO2. The molecule has 0 aromatic heterocycles. The molecular weight excluding hydrogens is 238 g/mol. The van der Waals surface area contributed by atoms with Gasteiger partial charge in [0.05, 0.1) is 6.10 Å². The third kappa shape index (κ3) is 3.71. The molecule has 19 heavy (non-hydrogen) atoms. The van der Waals surface area contributed by atoms with Gasteiger partial charge in [0.15, 0.2) is 0 Å². The number of methoxy groups -OCH3 is 1. The van der Waals surface area contributed by atoms with E-state index in [1.165, 1.54) is 30.4 Å². The first-order valence-corrected chi connectivity index (χ1v) is 7.26. The highest BCUT2D eigenvalue weighted by atomic mass is 16.5. The molecule has 2 atom stereocenters. The second-order valence-corrected chi connectivity index (χ2v) is 5.22. The Morgan fingerprint density at radius 3 is 3.00 bits per heavy atom. The van der Waals surface area contributed by atoms with Crippen molar-refractivity contribution in [2.24, 2.45) is 0 Å². The molecule has 106 valence electrons. The Bertz CT molecular complexity index is 406. The normalized spacial score (nSPS) is 19.8. The van der Waals surface area contributed by atoms with Crippen molar-refractivity contribution < 1.29 is 9.47 Å². The molecule has 0 saturated heterocycles. The average molecular weight is 263 g/mol. The maximum atomic E-state index is 5.80. The van der Waals surface area contributed by atoms with Crippen LogP contribution in [0.15, 0.2) is 18.2 Å². The summed E-state index contributed by atoms with van der Waals surface area (Å²) in [4.78, 5) is 0. The van der Waals surface area contributed by atoms with Crippen LogP contribution in [0.3, 0.4) is 0 Å². The SMILES string of the molecule is CCNC1CCCc2ccc(OCC(C)OC)cc21. The van der Waals surface area contributed by atoms with Crippen LogP contribution in [0.5, 0.6) is 5.75 Å². The highest BCUT2D eigenvalue weighted by Crippen LogP contribution is 2.32. The van der Waals surface area contributed by atoms with Crippen LogP contribution in [-0.4, -0.2) is 26.4 Å². The van der Waals surface area contributed by atoms with Crippen LogP contribution < -0.4 is 10.1 Å². The number of ether oxygens (including phenoxy) is 2. The minimum atomic E-state index is 0.126. The molecule has 1 N–H and O–H groups in total. The van der Waals surface area contributed by atoms with Gasteiger partial charge >= 0.3 is 0 Å². The summed E-state index contributed by atoms with van der Waals surface area (Å²) in [6.07, 6.45) is 3.80. The smallest absolute Gasteiger partial charge is 0.119 e. The van der Waals surface area contributed by atoms with Crippen molar-refractivity contribution in [1.29, 1.82) is 0 Å². The minimum absolute atomic E-state index is 0.126. The Balaban J connectivity index is 2.09. The van der Waals surface area contributed by atoms with E-state index in [4.69, 9.17) is 9.47 Å². The summed E-state index contributed by atoms with van der Waals surface area (Å²) in [6, 6.07) is 6.97. The van der Waals surface area contributed by atoms with Gasteiger partial charge in [-0.05, 0) is 56.0 Å². The number of benzene rings is 1. The molecule has 0 fully saturated rings. The molecule has 0 radical (unpaired) electrons. The topological polar surface area (TPSA) is 30.5 Å². The molecule has 0 saturated carbocycles. The predicted molar refractivity (Wildman–Crippen MR) is 77.8 cm³/mol. The van der Waals surface area contributed by atoms with E-state index in [2.05, 4.69) is 30.4 Å². The summed E-state index contributed by atoms with van der Waals surface area (Å²) in [5.74, 6) is 0.951. The molecule has 2 unspecified atom stereocenters. The van der Waals surface area contributed by atoms with E-state index < -0.39 is 0 Å². The van der Waals surface area contributed by atoms with Crippen molar-refractivity contribution in [2.45, 2.75) is 45.3 Å². The van der Waals surface area contributed by atoms with E-state index in [-0.39, 0.29) is 6.10 Å². The second-order valence-electron chi connectivity index (χ2n) is 5.22. The monoisotopic (exact) mass is 263 g/mol. The summed E-state index contributed by atoms with van der Waals surface area (Å²) in [7, 11) is 1.71. The van der Waals surface area contributed by atoms with Gasteiger partial charge in [0.25, 0.3) is 0 Å². The zero-order chi connectivity index (χ0) is 13.7. The number of rotatable bonds is 6. The molecule has 2 rings (SSSR count). The molecule has 0 aliphatic heterocycles. The Morgan fingerprint density at radius 1 is 1.42 bits per heavy atom. The van der Waals surface area contributed by atoms with Crippen LogP contribution in [0.2, 0.25) is 0 Å². The Hall–Kier alpha value is -1.06. The van der Waals surface area contributed by atoms with Crippen LogP contribution >= 0.6 is 0 Å². The molecule has 1 aromatic rings. The largest absolute Gasteiger partial charge is 0.491 e. The minimum Gasteiger partial charge on any atom is -0.491 e. The Morgan fingerprint density at radius 2 is 2.26 bits per heavy atom. The molecule has 1 aliphatic carbocycles. The maximum absolute atomic E-state index is 5.80. The fourth-order valence-electron chi connectivity index (χ4n) is 2.61. The fourth-order valence-corrected chi connectivity index (χ4v) is 2.61. The van der Waals surface area contributed by atoms with Gasteiger partial charge in [0, 0.05) is 13.2 Å². The molecule has 0 heterocycles. The molecule has 3 nitrogen and oxygen atoms in total. The number of fused-ring (bicyclic) bond motifs is 1. The van der Waals surface area contributed by atoms with Gasteiger partial charge in [-0.25, -0.2) is 0 Å². The van der Waals surface area contributed by atoms with Gasteiger partial charge in [0.1, 0.15) is 12.4 Å². The lowest BCUT2D eigenvalue weighted by molar-refractivity contribution is 0.0716. The number of nitrogens with one attached hydrogen (secondary N) is 1. The zero-order valence-corrected chi connectivity index (χ0v) is 12.2. The summed E-state index contributed by atoms with van der Waals surface area (Å²) in [6.45, 7) is 5.78. The van der Waals surface area contributed by atoms with Crippen LogP contribution in [0.4, 0.5) is 0 Å². The molecule has 0 amide bonds. The lowest BCUT2D eigenvalue weighted by atomic mass is 9.87. The van der Waals surface area contributed by atoms with Crippen molar-refractivity contribution in [3.8, 4) is 5.75 Å². The number of aryl methyl sites for hydroxylation is 1. The van der Waals surface area contributed by atoms with Gasteiger partial charge in [-0.1, -0.05) is 13.0 Å². The van der Waals surface area contributed by atoms with E-state index in [1.54, 1.807) is 7.11 Å². The summed E-state index contributed by atoms with van der Waals surface area (Å²) in [5, 5.41) is 3.56. The summed E-state index contributed by atoms with van der Waals surface area (Å²) in [5.41, 5.74) is 2.88. The third-order valence-corrected chi connectivity index (χ3v) is 3.77. The fraction of sp³-hybridized carbons (Fsp3) is 0.625. The Labute approximate surface area is 116 Å². The van der Waals surface area contributed by atoms with Crippen LogP contribution in [-0.2, 0) is 11.2 Å². The van der Waals surface area contributed by atoms with Crippen molar-refractivity contribution in [3.63, 3.8) is 0 Å². The molecule has 0 spiro atoms. The van der Waals surface area contributed by atoms with E-state index in [9.17, 15) is 0 Å². The van der Waals surface area contributed by atoms with Gasteiger partial charge in [-0.2, -0.15) is 0 Å². The Kier molecular flexibility index (Phi) is 5.23. The summed E-state index contributed by atoms with van der Waals surface area (Å²) < 4.78 is 11.0. The molecule has 3 heteroatoms. The quantitative estimate of drug-likeness (QED) is 0.855. The van der Waals surface area contributed by atoms with Gasteiger partial charge < -0.3 is 14.8 Å². The van der Waals surface area contributed by atoms with Crippen molar-refractivity contribution in [1.82, 2.24) is 5.32 Å². The third-order valence-electron chi connectivity index (χ3n) is 3.77. The van der Waals surface area contributed by atoms with Crippen LogP contribution in [0.1, 0.15) is 43.9 Å². The highest BCUT2D eigenvalue weighted by Gasteiger charge is 2.19. The molecule has 0 bridgehead atoms. The van der Waals surface area contributed by atoms with E-state index in [1.807, 2.05) is 6.92 Å². The first kappa shape index (κ1) is 14.4. The standard InChI is InChI=1S/C16H25NO2/c1-4-17-16-7-5-6-13-8-9-14(10-15(13)16)19-11-12(2)18-3/h8-10,12,16-17H,4-7,11H2,1-3H3. The lowest BCUT2D eigenvalue weighted by Crippen LogP contribution is -2.25. The van der Waals surface area contributed by atoms with Crippen molar-refractivity contribution in [2.75, 3.05) is 20.3 Å². The van der Waals surface area contributed by atoms with Crippen molar-refractivity contribution in [3.05, 3.63) is 29.3 Å².